The number of para-hydroxylation sites is 1. The Morgan fingerprint density at radius 3 is 2.86 bits per heavy atom. The van der Waals surface area contributed by atoms with E-state index in [-0.39, 0.29) is 34.6 Å². The number of methoxy groups -OCH3 is 1. The van der Waals surface area contributed by atoms with Gasteiger partial charge in [0, 0.05) is 12.1 Å². The van der Waals surface area contributed by atoms with Crippen LogP contribution in [0.15, 0.2) is 58.1 Å². The molecular formula is C18H13N5O5. The third-order valence-electron chi connectivity index (χ3n) is 4.14. The summed E-state index contributed by atoms with van der Waals surface area (Å²) in [6.45, 7) is 0.0148. The number of hydrogen-bond donors (Lipinski definition) is 0. The molecule has 0 aliphatic heterocycles. The highest BCUT2D eigenvalue weighted by Crippen LogP contribution is 2.27. The summed E-state index contributed by atoms with van der Waals surface area (Å²) in [4.78, 5) is 31.4. The lowest BCUT2D eigenvalue weighted by atomic mass is 10.2. The molecule has 0 fully saturated rings. The fourth-order valence-corrected chi connectivity index (χ4v) is 2.78. The van der Waals surface area contributed by atoms with Gasteiger partial charge >= 0.3 is 0 Å². The fraction of sp³-hybridized carbons (Fsp3) is 0.111. The number of fused-ring (bicyclic) bond motifs is 1. The van der Waals surface area contributed by atoms with E-state index in [0.717, 1.165) is 0 Å². The first-order valence-corrected chi connectivity index (χ1v) is 8.16. The summed E-state index contributed by atoms with van der Waals surface area (Å²) in [6, 6.07) is 11.1. The van der Waals surface area contributed by atoms with Crippen molar-refractivity contribution in [1.82, 2.24) is 19.7 Å². The average molecular weight is 379 g/mol. The minimum atomic E-state index is -0.537. The van der Waals surface area contributed by atoms with Crippen LogP contribution in [0.4, 0.5) is 5.69 Å². The van der Waals surface area contributed by atoms with Gasteiger partial charge in [-0.1, -0.05) is 17.3 Å². The van der Waals surface area contributed by atoms with E-state index in [2.05, 4.69) is 15.1 Å². The Kier molecular flexibility index (Phi) is 4.28. The van der Waals surface area contributed by atoms with Crippen molar-refractivity contribution < 1.29 is 14.2 Å². The molecule has 0 aliphatic rings. The summed E-state index contributed by atoms with van der Waals surface area (Å²) >= 11 is 0. The van der Waals surface area contributed by atoms with Crippen LogP contribution in [0.2, 0.25) is 0 Å². The first-order valence-electron chi connectivity index (χ1n) is 8.16. The highest BCUT2D eigenvalue weighted by atomic mass is 16.6. The summed E-state index contributed by atoms with van der Waals surface area (Å²) in [5.74, 6) is 1.15. The molecule has 0 unspecified atom stereocenters. The monoisotopic (exact) mass is 379 g/mol. The summed E-state index contributed by atoms with van der Waals surface area (Å²) in [5.41, 5.74) is 0.416. The molecule has 28 heavy (non-hydrogen) atoms. The third kappa shape index (κ3) is 3.07. The average Bonchev–Trinajstić information content (AvgIpc) is 3.18. The summed E-state index contributed by atoms with van der Waals surface area (Å²) in [7, 11) is 1.55. The molecule has 0 bridgehead atoms. The molecule has 0 saturated carbocycles. The van der Waals surface area contributed by atoms with Crippen LogP contribution >= 0.6 is 0 Å². The fourth-order valence-electron chi connectivity index (χ4n) is 2.78. The van der Waals surface area contributed by atoms with Crippen LogP contribution in [0, 0.1) is 10.1 Å². The van der Waals surface area contributed by atoms with Gasteiger partial charge in [-0.05, 0) is 18.2 Å². The van der Waals surface area contributed by atoms with E-state index in [1.807, 2.05) is 12.1 Å². The van der Waals surface area contributed by atoms with Gasteiger partial charge in [-0.25, -0.2) is 4.98 Å². The zero-order chi connectivity index (χ0) is 19.7. The van der Waals surface area contributed by atoms with Crippen molar-refractivity contribution in [3.63, 3.8) is 0 Å². The van der Waals surface area contributed by atoms with Crippen LogP contribution in [-0.4, -0.2) is 31.7 Å². The smallest absolute Gasteiger partial charge is 0.271 e. The maximum atomic E-state index is 12.6. The van der Waals surface area contributed by atoms with E-state index in [9.17, 15) is 14.9 Å². The highest BCUT2D eigenvalue weighted by Gasteiger charge is 2.15. The van der Waals surface area contributed by atoms with Crippen LogP contribution in [-0.2, 0) is 6.54 Å². The minimum Gasteiger partial charge on any atom is -0.496 e. The molecule has 10 heteroatoms. The number of nitrogens with zero attached hydrogens (tertiary/aromatic N) is 5. The SMILES string of the molecule is COc1ccccc1-c1noc(Cn2cnc3cc([N+](=O)[O-])ccc3c2=O)n1. The predicted molar refractivity (Wildman–Crippen MR) is 98.0 cm³/mol. The number of aromatic nitrogens is 4. The van der Waals surface area contributed by atoms with Crippen LogP contribution in [0.1, 0.15) is 5.89 Å². The molecule has 2 aromatic carbocycles. The molecule has 2 heterocycles. The maximum absolute atomic E-state index is 12.6. The van der Waals surface area contributed by atoms with E-state index in [1.165, 1.54) is 29.1 Å². The molecule has 0 radical (unpaired) electrons. The van der Waals surface area contributed by atoms with Crippen molar-refractivity contribution in [2.45, 2.75) is 6.54 Å². The molecule has 0 atom stereocenters. The normalized spacial score (nSPS) is 10.9. The van der Waals surface area contributed by atoms with Crippen molar-refractivity contribution in [2.75, 3.05) is 7.11 Å². The molecular weight excluding hydrogens is 366 g/mol. The van der Waals surface area contributed by atoms with Crippen molar-refractivity contribution in [1.29, 1.82) is 0 Å². The summed E-state index contributed by atoms with van der Waals surface area (Å²) < 4.78 is 11.8. The molecule has 10 nitrogen and oxygen atoms in total. The van der Waals surface area contributed by atoms with Gasteiger partial charge in [-0.15, -0.1) is 0 Å². The minimum absolute atomic E-state index is 0.0148. The number of ether oxygens (including phenoxy) is 1. The topological polar surface area (TPSA) is 126 Å². The standard InChI is InChI=1S/C18H13N5O5/c1-27-15-5-3-2-4-13(15)17-20-16(28-21-17)9-22-10-19-14-8-11(23(25)26)6-7-12(14)18(22)24/h2-8,10H,9H2,1H3. The quantitative estimate of drug-likeness (QED) is 0.382. The Bertz CT molecular complexity index is 1250. The first-order chi connectivity index (χ1) is 13.6. The molecule has 0 saturated heterocycles. The van der Waals surface area contributed by atoms with Gasteiger partial charge in [0.1, 0.15) is 12.3 Å². The lowest BCUT2D eigenvalue weighted by Gasteiger charge is -2.04. The second-order valence-corrected chi connectivity index (χ2v) is 5.85. The second-order valence-electron chi connectivity index (χ2n) is 5.85. The Labute approximate surface area is 157 Å². The number of nitro benzene ring substituents is 1. The Balaban J connectivity index is 1.66. The molecule has 0 amide bonds. The Morgan fingerprint density at radius 1 is 1.25 bits per heavy atom. The van der Waals surface area contributed by atoms with Gasteiger partial charge in [-0.2, -0.15) is 4.98 Å². The number of nitro groups is 1. The third-order valence-corrected chi connectivity index (χ3v) is 4.14. The van der Waals surface area contributed by atoms with Crippen molar-refractivity contribution in [3.8, 4) is 17.1 Å². The highest BCUT2D eigenvalue weighted by molar-refractivity contribution is 5.79. The van der Waals surface area contributed by atoms with Crippen LogP contribution < -0.4 is 10.3 Å². The molecule has 140 valence electrons. The second kappa shape index (κ2) is 6.91. The van der Waals surface area contributed by atoms with E-state index in [1.54, 1.807) is 19.2 Å². The van der Waals surface area contributed by atoms with Gasteiger partial charge in [0.2, 0.25) is 11.7 Å². The maximum Gasteiger partial charge on any atom is 0.271 e. The Hall–Kier alpha value is -4.08. The largest absolute Gasteiger partial charge is 0.496 e. The van der Waals surface area contributed by atoms with E-state index in [4.69, 9.17) is 9.26 Å². The van der Waals surface area contributed by atoms with Crippen LogP contribution in [0.3, 0.4) is 0 Å². The molecule has 4 aromatic rings. The molecule has 0 spiro atoms. The van der Waals surface area contributed by atoms with Crippen molar-refractivity contribution in [2.24, 2.45) is 0 Å². The zero-order valence-corrected chi connectivity index (χ0v) is 14.6. The molecule has 4 rings (SSSR count). The number of non-ortho nitro benzene ring substituents is 1. The molecule has 2 aromatic heterocycles. The van der Waals surface area contributed by atoms with E-state index >= 15 is 0 Å². The predicted octanol–water partition coefficient (Wildman–Crippen LogP) is 2.41. The zero-order valence-electron chi connectivity index (χ0n) is 14.6. The van der Waals surface area contributed by atoms with Gasteiger partial charge < -0.3 is 9.26 Å². The van der Waals surface area contributed by atoms with Gasteiger partial charge in [0.25, 0.3) is 11.2 Å². The number of rotatable bonds is 5. The lowest BCUT2D eigenvalue weighted by Crippen LogP contribution is -2.21. The van der Waals surface area contributed by atoms with Crippen molar-refractivity contribution in [3.05, 3.63) is 75.2 Å². The molecule has 0 aliphatic carbocycles. The lowest BCUT2D eigenvalue weighted by molar-refractivity contribution is -0.384. The first kappa shape index (κ1) is 17.3. The van der Waals surface area contributed by atoms with E-state index in [0.29, 0.717) is 17.1 Å². The van der Waals surface area contributed by atoms with E-state index < -0.39 is 4.92 Å². The van der Waals surface area contributed by atoms with Gasteiger partial charge in [0.15, 0.2) is 0 Å². The molecule has 0 N–H and O–H groups in total. The van der Waals surface area contributed by atoms with Crippen LogP contribution in [0.5, 0.6) is 5.75 Å². The summed E-state index contributed by atoms with van der Waals surface area (Å²) in [6.07, 6.45) is 1.29. The Morgan fingerprint density at radius 2 is 2.07 bits per heavy atom. The summed E-state index contributed by atoms with van der Waals surface area (Å²) in [5, 5.41) is 15.1. The number of benzene rings is 2. The number of hydrogen-bond acceptors (Lipinski definition) is 8. The van der Waals surface area contributed by atoms with Gasteiger partial charge in [-0.3, -0.25) is 19.5 Å². The van der Waals surface area contributed by atoms with Gasteiger partial charge in [0.05, 0.1) is 34.8 Å². The van der Waals surface area contributed by atoms with Crippen molar-refractivity contribution >= 4 is 16.6 Å². The van der Waals surface area contributed by atoms with Crippen LogP contribution in [0.25, 0.3) is 22.3 Å².